The standard InChI is InChI=1S/C11H11FN2O2/c1-16-11(15)7-14-6-9-4-10(12)3-2-8(9)5-13/h2-4,14H,6-7H2,1H3. The third-order valence-electron chi connectivity index (χ3n) is 2.00. The monoisotopic (exact) mass is 222 g/mol. The average Bonchev–Trinajstić information content (AvgIpc) is 2.29. The van der Waals surface area contributed by atoms with E-state index in [0.29, 0.717) is 11.1 Å². The number of hydrogen-bond acceptors (Lipinski definition) is 4. The molecular formula is C11H11FN2O2. The van der Waals surface area contributed by atoms with Crippen molar-refractivity contribution in [3.05, 3.63) is 35.1 Å². The number of rotatable bonds is 4. The van der Waals surface area contributed by atoms with E-state index in [9.17, 15) is 9.18 Å². The van der Waals surface area contributed by atoms with Crippen molar-refractivity contribution in [2.45, 2.75) is 6.54 Å². The molecule has 0 aliphatic rings. The molecule has 0 saturated heterocycles. The number of nitrogens with one attached hydrogen (secondary N) is 1. The van der Waals surface area contributed by atoms with Gasteiger partial charge in [0.2, 0.25) is 0 Å². The van der Waals surface area contributed by atoms with E-state index in [1.54, 1.807) is 0 Å². The van der Waals surface area contributed by atoms with Crippen LogP contribution in [0, 0.1) is 17.1 Å². The van der Waals surface area contributed by atoms with Crippen molar-refractivity contribution >= 4 is 5.97 Å². The normalized spacial score (nSPS) is 9.56. The number of methoxy groups -OCH3 is 1. The van der Waals surface area contributed by atoms with E-state index in [1.165, 1.54) is 25.3 Å². The first kappa shape index (κ1) is 12.1. The molecule has 4 nitrogen and oxygen atoms in total. The summed E-state index contributed by atoms with van der Waals surface area (Å²) in [5, 5.41) is 11.5. The van der Waals surface area contributed by atoms with Gasteiger partial charge in [-0.3, -0.25) is 4.79 Å². The molecule has 16 heavy (non-hydrogen) atoms. The zero-order valence-electron chi connectivity index (χ0n) is 8.79. The Hall–Kier alpha value is -1.93. The fourth-order valence-electron chi connectivity index (χ4n) is 1.19. The Morgan fingerprint density at radius 2 is 2.38 bits per heavy atom. The van der Waals surface area contributed by atoms with Gasteiger partial charge in [0, 0.05) is 6.54 Å². The molecule has 0 unspecified atom stereocenters. The second-order valence-corrected chi connectivity index (χ2v) is 3.09. The number of esters is 1. The first-order valence-corrected chi connectivity index (χ1v) is 4.63. The van der Waals surface area contributed by atoms with Crippen LogP contribution in [0.5, 0.6) is 0 Å². The maximum atomic E-state index is 12.9. The molecule has 0 amide bonds. The van der Waals surface area contributed by atoms with E-state index < -0.39 is 11.8 Å². The van der Waals surface area contributed by atoms with Gasteiger partial charge in [-0.1, -0.05) is 0 Å². The van der Waals surface area contributed by atoms with E-state index in [0.717, 1.165) is 0 Å². The van der Waals surface area contributed by atoms with Crippen LogP contribution in [0.2, 0.25) is 0 Å². The molecule has 0 spiro atoms. The van der Waals surface area contributed by atoms with Crippen molar-refractivity contribution in [3.8, 4) is 6.07 Å². The quantitative estimate of drug-likeness (QED) is 0.771. The van der Waals surface area contributed by atoms with Crippen LogP contribution in [0.3, 0.4) is 0 Å². The summed E-state index contributed by atoms with van der Waals surface area (Å²) in [5.41, 5.74) is 0.908. The number of nitrogens with zero attached hydrogens (tertiary/aromatic N) is 1. The number of nitriles is 1. The van der Waals surface area contributed by atoms with Gasteiger partial charge in [0.15, 0.2) is 0 Å². The van der Waals surface area contributed by atoms with Crippen LogP contribution in [-0.2, 0) is 16.1 Å². The molecule has 0 heterocycles. The Morgan fingerprint density at radius 3 is 3.00 bits per heavy atom. The van der Waals surface area contributed by atoms with Gasteiger partial charge in [-0.05, 0) is 23.8 Å². The molecule has 1 rings (SSSR count). The summed E-state index contributed by atoms with van der Waals surface area (Å²) in [6, 6.07) is 5.85. The number of ether oxygens (including phenoxy) is 1. The number of carbonyl (C=O) groups excluding carboxylic acids is 1. The van der Waals surface area contributed by atoms with Crippen molar-refractivity contribution in [3.63, 3.8) is 0 Å². The Balaban J connectivity index is 2.63. The molecule has 84 valence electrons. The molecule has 0 radical (unpaired) electrons. The van der Waals surface area contributed by atoms with E-state index in [-0.39, 0.29) is 13.1 Å². The molecule has 1 aromatic carbocycles. The molecule has 0 aromatic heterocycles. The molecular weight excluding hydrogens is 211 g/mol. The van der Waals surface area contributed by atoms with E-state index in [2.05, 4.69) is 10.1 Å². The van der Waals surface area contributed by atoms with Crippen molar-refractivity contribution in [2.75, 3.05) is 13.7 Å². The van der Waals surface area contributed by atoms with Gasteiger partial charge in [0.05, 0.1) is 25.3 Å². The third kappa shape index (κ3) is 3.33. The van der Waals surface area contributed by atoms with Gasteiger partial charge < -0.3 is 10.1 Å². The zero-order chi connectivity index (χ0) is 12.0. The van der Waals surface area contributed by atoms with Gasteiger partial charge in [0.1, 0.15) is 5.82 Å². The first-order valence-electron chi connectivity index (χ1n) is 4.63. The summed E-state index contributed by atoms with van der Waals surface area (Å²) in [6.07, 6.45) is 0. The summed E-state index contributed by atoms with van der Waals surface area (Å²) < 4.78 is 17.3. The average molecular weight is 222 g/mol. The van der Waals surface area contributed by atoms with Crippen LogP contribution in [0.15, 0.2) is 18.2 Å². The number of benzene rings is 1. The molecule has 0 aliphatic heterocycles. The van der Waals surface area contributed by atoms with Gasteiger partial charge in [-0.25, -0.2) is 4.39 Å². The maximum Gasteiger partial charge on any atom is 0.319 e. The second-order valence-electron chi connectivity index (χ2n) is 3.09. The highest BCUT2D eigenvalue weighted by Gasteiger charge is 2.05. The molecule has 0 atom stereocenters. The lowest BCUT2D eigenvalue weighted by atomic mass is 10.1. The molecule has 0 aliphatic carbocycles. The summed E-state index contributed by atoms with van der Waals surface area (Å²) in [5.74, 6) is -0.816. The highest BCUT2D eigenvalue weighted by molar-refractivity contribution is 5.71. The van der Waals surface area contributed by atoms with Gasteiger partial charge in [-0.15, -0.1) is 0 Å². The summed E-state index contributed by atoms with van der Waals surface area (Å²) >= 11 is 0. The Morgan fingerprint density at radius 1 is 1.62 bits per heavy atom. The van der Waals surface area contributed by atoms with E-state index in [4.69, 9.17) is 5.26 Å². The predicted octanol–water partition coefficient (Wildman–Crippen LogP) is 0.960. The second kappa shape index (κ2) is 5.83. The number of hydrogen-bond donors (Lipinski definition) is 1. The van der Waals surface area contributed by atoms with Crippen LogP contribution in [0.4, 0.5) is 4.39 Å². The summed E-state index contributed by atoms with van der Waals surface area (Å²) in [6.45, 7) is 0.271. The first-order chi connectivity index (χ1) is 7.67. The lowest BCUT2D eigenvalue weighted by molar-refractivity contribution is -0.139. The lowest BCUT2D eigenvalue weighted by Crippen LogP contribution is -2.23. The van der Waals surface area contributed by atoms with E-state index in [1.807, 2.05) is 6.07 Å². The van der Waals surface area contributed by atoms with Crippen molar-refractivity contribution in [1.82, 2.24) is 5.32 Å². The van der Waals surface area contributed by atoms with Crippen molar-refractivity contribution in [1.29, 1.82) is 5.26 Å². The number of halogens is 1. The van der Waals surface area contributed by atoms with Crippen molar-refractivity contribution in [2.24, 2.45) is 0 Å². The molecule has 1 aromatic rings. The van der Waals surface area contributed by atoms with Crippen LogP contribution in [0.25, 0.3) is 0 Å². The molecule has 5 heteroatoms. The van der Waals surface area contributed by atoms with Gasteiger partial charge >= 0.3 is 5.97 Å². The number of carbonyl (C=O) groups is 1. The highest BCUT2D eigenvalue weighted by atomic mass is 19.1. The van der Waals surface area contributed by atoms with Crippen LogP contribution in [-0.4, -0.2) is 19.6 Å². The fraction of sp³-hybridized carbons (Fsp3) is 0.273. The minimum atomic E-state index is -0.408. The smallest absolute Gasteiger partial charge is 0.319 e. The molecule has 0 saturated carbocycles. The van der Waals surface area contributed by atoms with Gasteiger partial charge in [-0.2, -0.15) is 5.26 Å². The summed E-state index contributed by atoms with van der Waals surface area (Å²) in [4.78, 5) is 10.8. The highest BCUT2D eigenvalue weighted by Crippen LogP contribution is 2.09. The molecule has 0 bridgehead atoms. The maximum absolute atomic E-state index is 12.9. The van der Waals surface area contributed by atoms with Crippen LogP contribution < -0.4 is 5.32 Å². The van der Waals surface area contributed by atoms with Crippen molar-refractivity contribution < 1.29 is 13.9 Å². The lowest BCUT2D eigenvalue weighted by Gasteiger charge is -2.05. The van der Waals surface area contributed by atoms with Crippen LogP contribution >= 0.6 is 0 Å². The SMILES string of the molecule is COC(=O)CNCc1cc(F)ccc1C#N. The minimum absolute atomic E-state index is 0.0257. The van der Waals surface area contributed by atoms with E-state index >= 15 is 0 Å². The predicted molar refractivity (Wildman–Crippen MR) is 54.8 cm³/mol. The Labute approximate surface area is 92.6 Å². The third-order valence-corrected chi connectivity index (χ3v) is 2.00. The molecule has 0 fully saturated rings. The van der Waals surface area contributed by atoms with Crippen LogP contribution in [0.1, 0.15) is 11.1 Å². The zero-order valence-corrected chi connectivity index (χ0v) is 8.79. The topological polar surface area (TPSA) is 62.1 Å². The van der Waals surface area contributed by atoms with Gasteiger partial charge in [0.25, 0.3) is 0 Å². The minimum Gasteiger partial charge on any atom is -0.468 e. The molecule has 1 N–H and O–H groups in total. The largest absolute Gasteiger partial charge is 0.468 e. The summed E-state index contributed by atoms with van der Waals surface area (Å²) in [7, 11) is 1.28. The fourth-order valence-corrected chi connectivity index (χ4v) is 1.19. The Kier molecular flexibility index (Phi) is 4.42. The Bertz CT molecular complexity index is 426.